The van der Waals surface area contributed by atoms with Crippen LogP contribution in [-0.2, 0) is 5.41 Å². The van der Waals surface area contributed by atoms with Crippen LogP contribution in [0.4, 0.5) is 0 Å². The van der Waals surface area contributed by atoms with Crippen molar-refractivity contribution in [3.05, 3.63) is 35.3 Å². The molecule has 0 atom stereocenters. The van der Waals surface area contributed by atoms with Crippen LogP contribution < -0.4 is 0 Å². The Kier molecular flexibility index (Phi) is 2.45. The maximum atomic E-state index is 11.1. The smallest absolute Gasteiger partial charge is 0.339 e. The molecule has 0 saturated carbocycles. The van der Waals surface area contributed by atoms with E-state index in [-0.39, 0.29) is 11.0 Å². The third-order valence-corrected chi connectivity index (χ3v) is 2.83. The molecule has 0 fully saturated rings. The number of pyridine rings is 1. The zero-order valence-corrected chi connectivity index (χ0v) is 10.5. The average Bonchev–Trinajstić information content (AvgIpc) is 2.55. The number of aromatic nitrogens is 2. The van der Waals surface area contributed by atoms with Crippen molar-refractivity contribution in [3.63, 3.8) is 0 Å². The summed E-state index contributed by atoms with van der Waals surface area (Å²) in [7, 11) is 0. The van der Waals surface area contributed by atoms with E-state index in [0.29, 0.717) is 5.65 Å². The fourth-order valence-corrected chi connectivity index (χ4v) is 2.06. The van der Waals surface area contributed by atoms with Crippen molar-refractivity contribution in [2.75, 3.05) is 0 Å². The van der Waals surface area contributed by atoms with E-state index in [1.807, 2.05) is 17.5 Å². The first-order valence-corrected chi connectivity index (χ1v) is 5.54. The lowest BCUT2D eigenvalue weighted by Crippen LogP contribution is -2.13. The summed E-state index contributed by atoms with van der Waals surface area (Å²) in [5.41, 5.74) is 2.60. The van der Waals surface area contributed by atoms with Gasteiger partial charge in [-0.15, -0.1) is 0 Å². The van der Waals surface area contributed by atoms with E-state index in [0.717, 1.165) is 11.4 Å². The van der Waals surface area contributed by atoms with E-state index < -0.39 is 5.97 Å². The molecule has 4 nitrogen and oxygen atoms in total. The molecule has 4 heteroatoms. The molecule has 0 bridgehead atoms. The Morgan fingerprint density at radius 2 is 2.06 bits per heavy atom. The molecule has 90 valence electrons. The Bertz CT molecular complexity index is 591. The Labute approximate surface area is 99.9 Å². The number of fused-ring (bicyclic) bond motifs is 1. The summed E-state index contributed by atoms with van der Waals surface area (Å²) in [6.07, 6.45) is 1.85. The predicted molar refractivity (Wildman–Crippen MR) is 65.6 cm³/mol. The highest BCUT2D eigenvalue weighted by atomic mass is 16.4. The Morgan fingerprint density at radius 3 is 2.59 bits per heavy atom. The zero-order chi connectivity index (χ0) is 12.8. The van der Waals surface area contributed by atoms with Gasteiger partial charge in [0.25, 0.3) is 0 Å². The maximum absolute atomic E-state index is 11.1. The number of imidazole rings is 1. The largest absolute Gasteiger partial charge is 0.478 e. The predicted octanol–water partition coefficient (Wildman–Crippen LogP) is 2.64. The summed E-state index contributed by atoms with van der Waals surface area (Å²) in [4.78, 5) is 15.6. The molecule has 0 aliphatic carbocycles. The first-order chi connectivity index (χ1) is 7.82. The fraction of sp³-hybridized carbons (Fsp3) is 0.385. The minimum absolute atomic E-state index is 0.0914. The fourth-order valence-electron chi connectivity index (χ4n) is 2.06. The second-order valence-electron chi connectivity index (χ2n) is 5.22. The van der Waals surface area contributed by atoms with Crippen LogP contribution >= 0.6 is 0 Å². The molecule has 2 aromatic rings. The van der Waals surface area contributed by atoms with Crippen molar-refractivity contribution in [2.24, 2.45) is 0 Å². The summed E-state index contributed by atoms with van der Waals surface area (Å²) < 4.78 is 1.84. The number of carbonyl (C=O) groups is 1. The Hall–Kier alpha value is -1.84. The van der Waals surface area contributed by atoms with Gasteiger partial charge in [-0.2, -0.15) is 0 Å². The molecular formula is C13H16N2O2. The van der Waals surface area contributed by atoms with Gasteiger partial charge >= 0.3 is 5.97 Å². The first-order valence-electron chi connectivity index (χ1n) is 5.54. The van der Waals surface area contributed by atoms with Gasteiger partial charge in [0.15, 0.2) is 5.65 Å². The van der Waals surface area contributed by atoms with E-state index >= 15 is 0 Å². The van der Waals surface area contributed by atoms with Crippen LogP contribution in [0.25, 0.3) is 5.65 Å². The molecule has 0 amide bonds. The van der Waals surface area contributed by atoms with Gasteiger partial charge < -0.3 is 9.51 Å². The van der Waals surface area contributed by atoms with Crippen molar-refractivity contribution >= 4 is 11.6 Å². The highest BCUT2D eigenvalue weighted by Crippen LogP contribution is 2.26. The highest BCUT2D eigenvalue weighted by Gasteiger charge is 2.23. The van der Waals surface area contributed by atoms with Gasteiger partial charge in [0.1, 0.15) is 5.56 Å². The number of rotatable bonds is 1. The summed E-state index contributed by atoms with van der Waals surface area (Å²) in [6.45, 7) is 8.18. The van der Waals surface area contributed by atoms with E-state index in [2.05, 4.69) is 25.8 Å². The third kappa shape index (κ3) is 1.79. The van der Waals surface area contributed by atoms with Gasteiger partial charge in [0, 0.05) is 17.3 Å². The highest BCUT2D eigenvalue weighted by molar-refractivity contribution is 5.94. The van der Waals surface area contributed by atoms with Crippen LogP contribution in [0.1, 0.15) is 42.5 Å². The van der Waals surface area contributed by atoms with Crippen molar-refractivity contribution in [3.8, 4) is 0 Å². The Morgan fingerprint density at radius 1 is 1.41 bits per heavy atom. The lowest BCUT2D eigenvalue weighted by molar-refractivity contribution is 0.0698. The molecular weight excluding hydrogens is 216 g/mol. The van der Waals surface area contributed by atoms with E-state index in [9.17, 15) is 4.79 Å². The molecule has 1 N–H and O–H groups in total. The van der Waals surface area contributed by atoms with E-state index in [1.54, 1.807) is 12.1 Å². The van der Waals surface area contributed by atoms with Crippen molar-refractivity contribution < 1.29 is 9.90 Å². The summed E-state index contributed by atoms with van der Waals surface area (Å²) >= 11 is 0. The second-order valence-corrected chi connectivity index (χ2v) is 5.22. The molecule has 0 saturated heterocycles. The number of nitrogens with zero attached hydrogens (tertiary/aromatic N) is 2. The van der Waals surface area contributed by atoms with Crippen LogP contribution in [-0.4, -0.2) is 20.5 Å². The van der Waals surface area contributed by atoms with Gasteiger partial charge in [0.2, 0.25) is 0 Å². The zero-order valence-electron chi connectivity index (χ0n) is 10.5. The number of hydrogen-bond acceptors (Lipinski definition) is 2. The van der Waals surface area contributed by atoms with Crippen LogP contribution in [0, 0.1) is 6.92 Å². The van der Waals surface area contributed by atoms with Gasteiger partial charge in [-0.1, -0.05) is 20.8 Å². The molecule has 0 spiro atoms. The topological polar surface area (TPSA) is 54.6 Å². The molecule has 17 heavy (non-hydrogen) atoms. The average molecular weight is 232 g/mol. The molecule has 0 aromatic carbocycles. The van der Waals surface area contributed by atoms with Gasteiger partial charge in [-0.25, -0.2) is 9.78 Å². The Balaban J connectivity index is 2.82. The molecule has 2 rings (SSSR count). The van der Waals surface area contributed by atoms with Crippen LogP contribution in [0.15, 0.2) is 18.3 Å². The van der Waals surface area contributed by atoms with Crippen LogP contribution in [0.5, 0.6) is 0 Å². The van der Waals surface area contributed by atoms with Crippen LogP contribution in [0.3, 0.4) is 0 Å². The molecule has 0 unspecified atom stereocenters. The SMILES string of the molecule is Cc1c(C(C)(C)C)nc2c(C(=O)O)cccn12. The number of carboxylic acid groups (broad SMARTS) is 1. The van der Waals surface area contributed by atoms with Gasteiger partial charge in [-0.05, 0) is 19.1 Å². The lowest BCUT2D eigenvalue weighted by Gasteiger charge is -2.16. The van der Waals surface area contributed by atoms with Crippen molar-refractivity contribution in [1.82, 2.24) is 9.38 Å². The normalized spacial score (nSPS) is 12.0. The second kappa shape index (κ2) is 3.58. The number of hydrogen-bond donors (Lipinski definition) is 1. The van der Waals surface area contributed by atoms with Gasteiger partial charge in [-0.3, -0.25) is 0 Å². The number of carboxylic acids is 1. The van der Waals surface area contributed by atoms with Gasteiger partial charge in [0.05, 0.1) is 5.69 Å². The third-order valence-electron chi connectivity index (χ3n) is 2.83. The van der Waals surface area contributed by atoms with Crippen molar-refractivity contribution in [2.45, 2.75) is 33.1 Å². The quantitative estimate of drug-likeness (QED) is 0.822. The molecule has 0 aliphatic heterocycles. The summed E-state index contributed by atoms with van der Waals surface area (Å²) in [6, 6.07) is 3.31. The minimum atomic E-state index is -0.943. The first kappa shape index (κ1) is 11.6. The number of aromatic carboxylic acids is 1. The van der Waals surface area contributed by atoms with Crippen LogP contribution in [0.2, 0.25) is 0 Å². The minimum Gasteiger partial charge on any atom is -0.478 e. The van der Waals surface area contributed by atoms with E-state index in [4.69, 9.17) is 5.11 Å². The monoisotopic (exact) mass is 232 g/mol. The molecule has 0 aliphatic rings. The maximum Gasteiger partial charge on any atom is 0.339 e. The summed E-state index contributed by atoms with van der Waals surface area (Å²) in [5, 5.41) is 9.13. The van der Waals surface area contributed by atoms with E-state index in [1.165, 1.54) is 0 Å². The molecule has 2 heterocycles. The van der Waals surface area contributed by atoms with Crippen molar-refractivity contribution in [1.29, 1.82) is 0 Å². The number of aryl methyl sites for hydroxylation is 1. The molecule has 0 radical (unpaired) electrons. The standard InChI is InChI=1S/C13H16N2O2/c1-8-10(13(2,3)4)14-11-9(12(16)17)6-5-7-15(8)11/h5-7H,1-4H3,(H,16,17). The lowest BCUT2D eigenvalue weighted by atomic mass is 9.91. The summed E-state index contributed by atoms with van der Waals surface area (Å²) in [5.74, 6) is -0.943. The molecule has 2 aromatic heterocycles.